The maximum atomic E-state index is 10.2. The van der Waals surface area contributed by atoms with Crippen molar-refractivity contribution in [2.45, 2.75) is 32.6 Å². The predicted molar refractivity (Wildman–Crippen MR) is 46.7 cm³/mol. The van der Waals surface area contributed by atoms with Gasteiger partial charge in [0.05, 0.1) is 0 Å². The van der Waals surface area contributed by atoms with Crippen molar-refractivity contribution in [2.24, 2.45) is 10.7 Å². The summed E-state index contributed by atoms with van der Waals surface area (Å²) in [5.74, 6) is -0.280. The topological polar surface area (TPSA) is 55.4 Å². The van der Waals surface area contributed by atoms with Crippen LogP contribution >= 0.6 is 0 Å². The van der Waals surface area contributed by atoms with Gasteiger partial charge >= 0.3 is 0 Å². The molecule has 2 N–H and O–H groups in total. The molecule has 0 rings (SSSR count). The summed E-state index contributed by atoms with van der Waals surface area (Å²) in [6.45, 7) is 2.68. The van der Waals surface area contributed by atoms with Crippen LogP contribution in [0.5, 0.6) is 0 Å². The molecule has 0 aliphatic carbocycles. The molecule has 0 atom stereocenters. The van der Waals surface area contributed by atoms with Gasteiger partial charge in [0.15, 0.2) is 0 Å². The van der Waals surface area contributed by atoms with Crippen molar-refractivity contribution in [3.05, 3.63) is 0 Å². The summed E-state index contributed by atoms with van der Waals surface area (Å²) in [6, 6.07) is 0. The van der Waals surface area contributed by atoms with Gasteiger partial charge in [-0.1, -0.05) is 13.3 Å². The number of aliphatic imine (C=N–C) groups is 1. The molecule has 0 unspecified atom stereocenters. The monoisotopic (exact) mass is 156 g/mol. The number of primary amides is 1. The van der Waals surface area contributed by atoms with Gasteiger partial charge in [0.2, 0.25) is 5.91 Å². The van der Waals surface area contributed by atoms with Gasteiger partial charge in [-0.25, -0.2) is 0 Å². The van der Waals surface area contributed by atoms with Crippen molar-refractivity contribution in [1.82, 2.24) is 0 Å². The Labute approximate surface area is 67.7 Å². The molecule has 0 saturated carbocycles. The standard InChI is InChI=1S/C8H16N2O/c1-2-3-4-6-10-7-5-8(9)11/h6H,2-5,7H2,1H3,(H2,9,11). The van der Waals surface area contributed by atoms with E-state index in [4.69, 9.17) is 5.73 Å². The Bertz CT molecular complexity index is 132. The second-order valence-corrected chi connectivity index (χ2v) is 2.45. The molecule has 0 saturated heterocycles. The number of unbranched alkanes of at least 4 members (excludes halogenated alkanes) is 2. The number of nitrogens with two attached hydrogens (primary N) is 1. The zero-order valence-electron chi connectivity index (χ0n) is 7.05. The Morgan fingerprint density at radius 1 is 1.64 bits per heavy atom. The summed E-state index contributed by atoms with van der Waals surface area (Å²) < 4.78 is 0. The van der Waals surface area contributed by atoms with E-state index < -0.39 is 0 Å². The lowest BCUT2D eigenvalue weighted by atomic mass is 10.3. The SMILES string of the molecule is CCCCC=NCCC(N)=O. The first-order valence-electron chi connectivity index (χ1n) is 4.04. The fourth-order valence-corrected chi connectivity index (χ4v) is 0.653. The highest BCUT2D eigenvalue weighted by Gasteiger charge is 1.88. The first-order chi connectivity index (χ1) is 5.27. The highest BCUT2D eigenvalue weighted by Crippen LogP contribution is 1.90. The van der Waals surface area contributed by atoms with Gasteiger partial charge in [-0.3, -0.25) is 9.79 Å². The molecular weight excluding hydrogens is 140 g/mol. The molecule has 0 aliphatic rings. The van der Waals surface area contributed by atoms with Crippen LogP contribution in [0.2, 0.25) is 0 Å². The number of hydrogen-bond donors (Lipinski definition) is 1. The summed E-state index contributed by atoms with van der Waals surface area (Å²) >= 11 is 0. The normalized spacial score (nSPS) is 10.6. The number of hydrogen-bond acceptors (Lipinski definition) is 2. The van der Waals surface area contributed by atoms with E-state index in [1.807, 2.05) is 6.21 Å². The van der Waals surface area contributed by atoms with Crippen LogP contribution in [0.25, 0.3) is 0 Å². The minimum Gasteiger partial charge on any atom is -0.370 e. The Morgan fingerprint density at radius 2 is 2.36 bits per heavy atom. The fraction of sp³-hybridized carbons (Fsp3) is 0.750. The van der Waals surface area contributed by atoms with E-state index in [1.165, 1.54) is 12.8 Å². The van der Waals surface area contributed by atoms with Crippen LogP contribution in [0.3, 0.4) is 0 Å². The highest BCUT2D eigenvalue weighted by atomic mass is 16.1. The van der Waals surface area contributed by atoms with Crippen LogP contribution in [0.4, 0.5) is 0 Å². The van der Waals surface area contributed by atoms with Crippen LogP contribution in [-0.4, -0.2) is 18.7 Å². The van der Waals surface area contributed by atoms with E-state index in [0.717, 1.165) is 6.42 Å². The lowest BCUT2D eigenvalue weighted by molar-refractivity contribution is -0.117. The summed E-state index contributed by atoms with van der Waals surface area (Å²) in [6.07, 6.45) is 5.59. The highest BCUT2D eigenvalue weighted by molar-refractivity contribution is 5.74. The zero-order chi connectivity index (χ0) is 8.53. The molecule has 1 amide bonds. The molecule has 0 heterocycles. The van der Waals surface area contributed by atoms with Crippen LogP contribution in [0.15, 0.2) is 4.99 Å². The van der Waals surface area contributed by atoms with Crippen molar-refractivity contribution in [3.8, 4) is 0 Å². The van der Waals surface area contributed by atoms with Gasteiger partial charge in [0.25, 0.3) is 0 Å². The smallest absolute Gasteiger partial charge is 0.219 e. The summed E-state index contributed by atoms with van der Waals surface area (Å²) in [5.41, 5.74) is 4.92. The molecule has 0 spiro atoms. The number of amides is 1. The quantitative estimate of drug-likeness (QED) is 0.454. The maximum Gasteiger partial charge on any atom is 0.219 e. The second-order valence-electron chi connectivity index (χ2n) is 2.45. The Hall–Kier alpha value is -0.860. The van der Waals surface area contributed by atoms with E-state index in [2.05, 4.69) is 11.9 Å². The van der Waals surface area contributed by atoms with Gasteiger partial charge < -0.3 is 5.73 Å². The average Bonchev–Trinajstić information content (AvgIpc) is 1.96. The van der Waals surface area contributed by atoms with Crippen LogP contribution in [-0.2, 0) is 4.79 Å². The third-order valence-electron chi connectivity index (χ3n) is 1.30. The van der Waals surface area contributed by atoms with Crippen LogP contribution in [0.1, 0.15) is 32.6 Å². The van der Waals surface area contributed by atoms with Gasteiger partial charge in [-0.05, 0) is 19.1 Å². The van der Waals surface area contributed by atoms with Crippen LogP contribution < -0.4 is 5.73 Å². The molecule has 0 radical (unpaired) electrons. The van der Waals surface area contributed by atoms with Crippen molar-refractivity contribution >= 4 is 12.1 Å². The van der Waals surface area contributed by atoms with Crippen LogP contribution in [0, 0.1) is 0 Å². The van der Waals surface area contributed by atoms with Crippen molar-refractivity contribution in [2.75, 3.05) is 6.54 Å². The van der Waals surface area contributed by atoms with Gasteiger partial charge in [-0.15, -0.1) is 0 Å². The molecule has 11 heavy (non-hydrogen) atoms. The lowest BCUT2D eigenvalue weighted by Gasteiger charge is -1.89. The number of carbonyl (C=O) groups excluding carboxylic acids is 1. The molecule has 0 fully saturated rings. The van der Waals surface area contributed by atoms with E-state index >= 15 is 0 Å². The third kappa shape index (κ3) is 9.14. The second kappa shape index (κ2) is 7.25. The minimum absolute atomic E-state index is 0.280. The molecule has 64 valence electrons. The Kier molecular flexibility index (Phi) is 6.68. The third-order valence-corrected chi connectivity index (χ3v) is 1.30. The zero-order valence-corrected chi connectivity index (χ0v) is 7.05. The van der Waals surface area contributed by atoms with Crippen molar-refractivity contribution in [3.63, 3.8) is 0 Å². The molecule has 0 aromatic heterocycles. The van der Waals surface area contributed by atoms with E-state index in [1.54, 1.807) is 0 Å². The molecule has 0 aromatic carbocycles. The fourth-order valence-electron chi connectivity index (χ4n) is 0.653. The first kappa shape index (κ1) is 10.1. The number of nitrogens with zero attached hydrogens (tertiary/aromatic N) is 1. The maximum absolute atomic E-state index is 10.2. The molecular formula is C8H16N2O. The van der Waals surface area contributed by atoms with Crippen molar-refractivity contribution < 1.29 is 4.79 Å². The Balaban J connectivity index is 3.10. The van der Waals surface area contributed by atoms with E-state index in [9.17, 15) is 4.79 Å². The minimum atomic E-state index is -0.280. The molecule has 0 aliphatic heterocycles. The summed E-state index contributed by atoms with van der Waals surface area (Å²) in [5, 5.41) is 0. The van der Waals surface area contributed by atoms with Gasteiger partial charge in [0.1, 0.15) is 0 Å². The summed E-state index contributed by atoms with van der Waals surface area (Å²) in [7, 11) is 0. The largest absolute Gasteiger partial charge is 0.370 e. The summed E-state index contributed by atoms with van der Waals surface area (Å²) in [4.78, 5) is 14.3. The first-order valence-corrected chi connectivity index (χ1v) is 4.04. The van der Waals surface area contributed by atoms with Crippen molar-refractivity contribution in [1.29, 1.82) is 0 Å². The molecule has 3 heteroatoms. The molecule has 0 aromatic rings. The van der Waals surface area contributed by atoms with Gasteiger partial charge in [-0.2, -0.15) is 0 Å². The van der Waals surface area contributed by atoms with E-state index in [0.29, 0.717) is 13.0 Å². The molecule has 0 bridgehead atoms. The van der Waals surface area contributed by atoms with Gasteiger partial charge in [0, 0.05) is 13.0 Å². The number of carbonyl (C=O) groups is 1. The molecule has 3 nitrogen and oxygen atoms in total. The predicted octanol–water partition coefficient (Wildman–Crippen LogP) is 1.12. The Morgan fingerprint density at radius 3 is 2.91 bits per heavy atom. The number of rotatable bonds is 6. The average molecular weight is 156 g/mol. The lowest BCUT2D eigenvalue weighted by Crippen LogP contribution is -2.11. The van der Waals surface area contributed by atoms with E-state index in [-0.39, 0.29) is 5.91 Å².